The SMILES string of the molecule is CC.CCCC(=O)C1CCN(c2ncccc2Cl)CC1=O. The summed E-state index contributed by atoms with van der Waals surface area (Å²) in [6.45, 7) is 6.81. The molecule has 4 nitrogen and oxygen atoms in total. The zero-order chi connectivity index (χ0) is 15.8. The molecule has 0 amide bonds. The van der Waals surface area contributed by atoms with Crippen molar-refractivity contribution < 1.29 is 9.59 Å². The minimum Gasteiger partial charge on any atom is -0.348 e. The summed E-state index contributed by atoms with van der Waals surface area (Å²) < 4.78 is 0. The van der Waals surface area contributed by atoms with E-state index in [0.717, 1.165) is 6.42 Å². The third-order valence-electron chi connectivity index (χ3n) is 3.35. The quantitative estimate of drug-likeness (QED) is 0.798. The van der Waals surface area contributed by atoms with Crippen LogP contribution >= 0.6 is 11.6 Å². The van der Waals surface area contributed by atoms with Crippen LogP contribution in [0.5, 0.6) is 0 Å². The predicted octanol–water partition coefficient (Wildman–Crippen LogP) is 3.53. The van der Waals surface area contributed by atoms with Gasteiger partial charge in [0.1, 0.15) is 11.6 Å². The molecular formula is C16H23ClN2O2. The van der Waals surface area contributed by atoms with Gasteiger partial charge in [-0.2, -0.15) is 0 Å². The Morgan fingerprint density at radius 3 is 2.76 bits per heavy atom. The van der Waals surface area contributed by atoms with E-state index in [1.165, 1.54) is 0 Å². The van der Waals surface area contributed by atoms with E-state index in [9.17, 15) is 9.59 Å². The van der Waals surface area contributed by atoms with E-state index in [0.29, 0.717) is 30.2 Å². The number of carbonyl (C=O) groups excluding carboxylic acids is 2. The normalized spacial score (nSPS) is 18.0. The highest BCUT2D eigenvalue weighted by Gasteiger charge is 2.32. The molecule has 5 heteroatoms. The van der Waals surface area contributed by atoms with Crippen molar-refractivity contribution in [2.24, 2.45) is 5.92 Å². The highest BCUT2D eigenvalue weighted by atomic mass is 35.5. The molecule has 0 spiro atoms. The summed E-state index contributed by atoms with van der Waals surface area (Å²) in [7, 11) is 0. The molecule has 1 fully saturated rings. The first-order valence-electron chi connectivity index (χ1n) is 7.54. The topological polar surface area (TPSA) is 50.3 Å². The number of hydrogen-bond donors (Lipinski definition) is 0. The molecule has 1 atom stereocenters. The van der Waals surface area contributed by atoms with Crippen LogP contribution in [0.15, 0.2) is 18.3 Å². The third kappa shape index (κ3) is 4.53. The number of Topliss-reactive ketones (excluding diaryl/α,β-unsaturated/α-hetero) is 2. The van der Waals surface area contributed by atoms with Crippen molar-refractivity contribution in [2.75, 3.05) is 18.0 Å². The van der Waals surface area contributed by atoms with E-state index in [2.05, 4.69) is 4.98 Å². The fourth-order valence-corrected chi connectivity index (χ4v) is 2.62. The zero-order valence-corrected chi connectivity index (χ0v) is 13.7. The Balaban J connectivity index is 0.00000106. The van der Waals surface area contributed by atoms with Crippen LogP contribution < -0.4 is 4.90 Å². The molecule has 0 aliphatic carbocycles. The van der Waals surface area contributed by atoms with Crippen molar-refractivity contribution in [1.29, 1.82) is 0 Å². The van der Waals surface area contributed by atoms with Gasteiger partial charge >= 0.3 is 0 Å². The second kappa shape index (κ2) is 8.78. The number of halogens is 1. The van der Waals surface area contributed by atoms with Crippen LogP contribution in [0.1, 0.15) is 40.0 Å². The maximum absolute atomic E-state index is 12.1. The minimum absolute atomic E-state index is 0.0218. The Morgan fingerprint density at radius 1 is 1.48 bits per heavy atom. The first kappa shape index (κ1) is 17.6. The number of nitrogens with zero attached hydrogens (tertiary/aromatic N) is 2. The molecule has 1 aliphatic rings. The van der Waals surface area contributed by atoms with Crippen LogP contribution in [0.25, 0.3) is 0 Å². The van der Waals surface area contributed by atoms with Gasteiger partial charge in [-0.25, -0.2) is 4.98 Å². The summed E-state index contributed by atoms with van der Waals surface area (Å²) in [5.41, 5.74) is 0. The number of aromatic nitrogens is 1. The van der Waals surface area contributed by atoms with Crippen LogP contribution in [0, 0.1) is 5.92 Å². The minimum atomic E-state index is -0.432. The molecule has 0 saturated carbocycles. The molecule has 2 heterocycles. The van der Waals surface area contributed by atoms with E-state index < -0.39 is 5.92 Å². The van der Waals surface area contributed by atoms with Gasteiger partial charge in [-0.15, -0.1) is 0 Å². The molecule has 116 valence electrons. The lowest BCUT2D eigenvalue weighted by Gasteiger charge is -2.31. The lowest BCUT2D eigenvalue weighted by molar-refractivity contribution is -0.133. The number of pyridine rings is 1. The smallest absolute Gasteiger partial charge is 0.162 e. The molecule has 1 aromatic heterocycles. The van der Waals surface area contributed by atoms with Gasteiger partial charge in [0.2, 0.25) is 0 Å². The fraction of sp³-hybridized carbons (Fsp3) is 0.562. The van der Waals surface area contributed by atoms with Gasteiger partial charge in [0.05, 0.1) is 17.5 Å². The first-order chi connectivity index (χ1) is 10.1. The second-order valence-electron chi connectivity index (χ2n) is 4.75. The summed E-state index contributed by atoms with van der Waals surface area (Å²) in [4.78, 5) is 30.0. The van der Waals surface area contributed by atoms with Crippen molar-refractivity contribution in [1.82, 2.24) is 4.98 Å². The lowest BCUT2D eigenvalue weighted by Crippen LogP contribution is -2.44. The Kier molecular flexibility index (Phi) is 7.37. The zero-order valence-electron chi connectivity index (χ0n) is 12.9. The maximum Gasteiger partial charge on any atom is 0.162 e. The van der Waals surface area contributed by atoms with E-state index in [1.54, 1.807) is 18.3 Å². The molecule has 0 N–H and O–H groups in total. The van der Waals surface area contributed by atoms with Gasteiger partial charge in [-0.05, 0) is 25.0 Å². The number of anilines is 1. The molecule has 1 aliphatic heterocycles. The number of hydrogen-bond acceptors (Lipinski definition) is 4. The third-order valence-corrected chi connectivity index (χ3v) is 3.64. The molecule has 21 heavy (non-hydrogen) atoms. The van der Waals surface area contributed by atoms with Gasteiger partial charge < -0.3 is 4.90 Å². The summed E-state index contributed by atoms with van der Waals surface area (Å²) in [5.74, 6) is 0.239. The average molecular weight is 311 g/mol. The van der Waals surface area contributed by atoms with Gasteiger partial charge in [0.25, 0.3) is 0 Å². The average Bonchev–Trinajstić information content (AvgIpc) is 2.50. The highest BCUT2D eigenvalue weighted by molar-refractivity contribution is 6.33. The van der Waals surface area contributed by atoms with E-state index in [-0.39, 0.29) is 18.1 Å². The van der Waals surface area contributed by atoms with Crippen LogP contribution in [0.4, 0.5) is 5.82 Å². The fourth-order valence-electron chi connectivity index (χ4n) is 2.38. The molecular weight excluding hydrogens is 288 g/mol. The Labute approximate surface area is 131 Å². The standard InChI is InChI=1S/C14H17ClN2O2.C2H6/c1-2-4-12(18)10-6-8-17(9-13(10)19)14-11(15)5-3-7-16-14;1-2/h3,5,7,10H,2,4,6,8-9H2,1H3;1-2H3. The number of rotatable bonds is 4. The van der Waals surface area contributed by atoms with Gasteiger partial charge in [-0.3, -0.25) is 9.59 Å². The largest absolute Gasteiger partial charge is 0.348 e. The Bertz CT molecular complexity index is 491. The number of piperidine rings is 1. The molecule has 0 aromatic carbocycles. The molecule has 1 saturated heterocycles. The second-order valence-corrected chi connectivity index (χ2v) is 5.16. The summed E-state index contributed by atoms with van der Waals surface area (Å²) in [6, 6.07) is 3.51. The summed E-state index contributed by atoms with van der Waals surface area (Å²) in [5, 5.41) is 0.536. The van der Waals surface area contributed by atoms with Gasteiger partial charge in [-0.1, -0.05) is 32.4 Å². The maximum atomic E-state index is 12.1. The van der Waals surface area contributed by atoms with Gasteiger partial charge in [0.15, 0.2) is 5.78 Å². The molecule has 0 bridgehead atoms. The highest BCUT2D eigenvalue weighted by Crippen LogP contribution is 2.26. The number of carbonyl (C=O) groups is 2. The molecule has 1 unspecified atom stereocenters. The van der Waals surface area contributed by atoms with Crippen LogP contribution in [0.3, 0.4) is 0 Å². The van der Waals surface area contributed by atoms with Crippen molar-refractivity contribution in [2.45, 2.75) is 40.0 Å². The van der Waals surface area contributed by atoms with Gasteiger partial charge in [0, 0.05) is 19.2 Å². The Morgan fingerprint density at radius 2 is 2.19 bits per heavy atom. The van der Waals surface area contributed by atoms with E-state index in [1.807, 2.05) is 25.7 Å². The molecule has 0 radical (unpaired) electrons. The monoisotopic (exact) mass is 310 g/mol. The van der Waals surface area contributed by atoms with Crippen molar-refractivity contribution >= 4 is 29.0 Å². The van der Waals surface area contributed by atoms with Crippen LogP contribution in [-0.4, -0.2) is 29.6 Å². The van der Waals surface area contributed by atoms with Crippen LogP contribution in [-0.2, 0) is 9.59 Å². The molecule has 1 aromatic rings. The number of ketones is 2. The first-order valence-corrected chi connectivity index (χ1v) is 7.92. The van der Waals surface area contributed by atoms with Crippen molar-refractivity contribution in [3.05, 3.63) is 23.4 Å². The van der Waals surface area contributed by atoms with Crippen molar-refractivity contribution in [3.63, 3.8) is 0 Å². The summed E-state index contributed by atoms with van der Waals surface area (Å²) in [6.07, 6.45) is 3.49. The predicted molar refractivity (Wildman–Crippen MR) is 85.8 cm³/mol. The van der Waals surface area contributed by atoms with Crippen LogP contribution in [0.2, 0.25) is 5.02 Å². The summed E-state index contributed by atoms with van der Waals surface area (Å²) >= 11 is 6.07. The van der Waals surface area contributed by atoms with E-state index >= 15 is 0 Å². The lowest BCUT2D eigenvalue weighted by atomic mass is 9.89. The van der Waals surface area contributed by atoms with Crippen molar-refractivity contribution in [3.8, 4) is 0 Å². The van der Waals surface area contributed by atoms with E-state index in [4.69, 9.17) is 11.6 Å². The molecule has 2 rings (SSSR count). The Hall–Kier alpha value is -1.42.